The van der Waals surface area contributed by atoms with Crippen LogP contribution in [0.15, 0.2) is 18.2 Å². The summed E-state index contributed by atoms with van der Waals surface area (Å²) in [7, 11) is 0. The van der Waals surface area contributed by atoms with E-state index >= 15 is 0 Å². The summed E-state index contributed by atoms with van der Waals surface area (Å²) in [5, 5.41) is 0. The molecule has 1 heterocycles. The number of fused-ring (bicyclic) bond motifs is 1. The van der Waals surface area contributed by atoms with Crippen LogP contribution in [0, 0.1) is 12.3 Å². The normalized spacial score (nSPS) is 17.6. The van der Waals surface area contributed by atoms with E-state index in [1.807, 2.05) is 27.7 Å². The predicted octanol–water partition coefficient (Wildman–Crippen LogP) is 5.54. The molecule has 2 heteroatoms. The lowest BCUT2D eigenvalue weighted by atomic mass is 9.80. The minimum atomic E-state index is -0.239. The number of benzene rings is 1. The minimum Gasteiger partial charge on any atom is -0.490 e. The van der Waals surface area contributed by atoms with E-state index < -0.39 is 0 Å². The first kappa shape index (κ1) is 23.8. The zero-order valence-electron chi connectivity index (χ0n) is 16.7. The quantitative estimate of drug-likeness (QED) is 0.726. The van der Waals surface area contributed by atoms with Crippen molar-refractivity contribution in [2.24, 2.45) is 5.73 Å². The van der Waals surface area contributed by atoms with Crippen molar-refractivity contribution in [2.45, 2.75) is 86.3 Å². The lowest BCUT2D eigenvalue weighted by Crippen LogP contribution is -2.43. The Kier molecular flexibility index (Phi) is 12.4. The summed E-state index contributed by atoms with van der Waals surface area (Å²) in [6, 6.07) is 6.46. The maximum atomic E-state index is 6.26. The van der Waals surface area contributed by atoms with Crippen LogP contribution in [0.2, 0.25) is 0 Å². The van der Waals surface area contributed by atoms with Crippen molar-refractivity contribution < 1.29 is 4.74 Å². The van der Waals surface area contributed by atoms with Crippen LogP contribution < -0.4 is 10.5 Å². The molecule has 0 aliphatic carbocycles. The molecule has 2 rings (SSSR count). The molecule has 0 spiro atoms. The average Bonchev–Trinajstić information content (AvgIpc) is 2.86. The minimum absolute atomic E-state index is 0.169. The Labute approximate surface area is 144 Å². The number of terminal acetylenes is 1. The van der Waals surface area contributed by atoms with Crippen molar-refractivity contribution in [3.8, 4) is 18.1 Å². The van der Waals surface area contributed by atoms with E-state index in [0.29, 0.717) is 0 Å². The van der Waals surface area contributed by atoms with Gasteiger partial charge in [0.05, 0.1) is 0 Å². The molecule has 1 aromatic rings. The van der Waals surface area contributed by atoms with Crippen molar-refractivity contribution in [1.29, 1.82) is 0 Å². The third-order valence-corrected chi connectivity index (χ3v) is 3.40. The predicted molar refractivity (Wildman–Crippen MR) is 104 cm³/mol. The first-order chi connectivity index (χ1) is 10.8. The molecule has 1 aromatic carbocycles. The molecule has 0 radical (unpaired) electrons. The van der Waals surface area contributed by atoms with Crippen molar-refractivity contribution >= 4 is 0 Å². The summed E-state index contributed by atoms with van der Waals surface area (Å²) in [5.41, 5.74) is 8.65. The van der Waals surface area contributed by atoms with Crippen LogP contribution in [0.25, 0.3) is 0 Å². The number of ether oxygens (including phenoxy) is 1. The van der Waals surface area contributed by atoms with Crippen LogP contribution in [0.3, 0.4) is 0 Å². The molecular weight excluding hydrogens is 282 g/mol. The molecule has 1 unspecified atom stereocenters. The maximum absolute atomic E-state index is 6.26. The van der Waals surface area contributed by atoms with E-state index in [4.69, 9.17) is 10.5 Å². The van der Waals surface area contributed by atoms with Gasteiger partial charge in [0.25, 0.3) is 0 Å². The Morgan fingerprint density at radius 2 is 1.70 bits per heavy atom. The lowest BCUT2D eigenvalue weighted by Gasteiger charge is -2.29. The van der Waals surface area contributed by atoms with Crippen LogP contribution in [-0.2, 0) is 6.42 Å². The second-order valence-electron chi connectivity index (χ2n) is 5.64. The molecule has 2 N–H and O–H groups in total. The van der Waals surface area contributed by atoms with Gasteiger partial charge in [-0.15, -0.1) is 12.3 Å². The molecule has 1 aliphatic rings. The number of rotatable bonds is 2. The molecule has 0 saturated carbocycles. The van der Waals surface area contributed by atoms with Crippen LogP contribution >= 0.6 is 0 Å². The topological polar surface area (TPSA) is 35.2 Å². The monoisotopic (exact) mass is 319 g/mol. The Bertz CT molecular complexity index is 466. The van der Waals surface area contributed by atoms with Gasteiger partial charge < -0.3 is 10.5 Å². The van der Waals surface area contributed by atoms with Crippen LogP contribution in [0.1, 0.15) is 79.4 Å². The molecule has 23 heavy (non-hydrogen) atoms. The fourth-order valence-corrected chi connectivity index (χ4v) is 2.70. The zero-order valence-corrected chi connectivity index (χ0v) is 16.7. The highest BCUT2D eigenvalue weighted by Crippen LogP contribution is 2.43. The van der Waals surface area contributed by atoms with Gasteiger partial charge in [0.15, 0.2) is 0 Å². The number of hydrogen-bond acceptors (Lipinski definition) is 2. The molecular formula is C21H37NO. The Morgan fingerprint density at radius 1 is 1.22 bits per heavy atom. The zero-order chi connectivity index (χ0) is 18.6. The SMILES string of the molecule is C#CC.CC.CC.CCc1ccc2c(c1)[C@@H](C(C)(C)N)C(C)O2. The van der Waals surface area contributed by atoms with E-state index in [1.54, 1.807) is 6.92 Å². The summed E-state index contributed by atoms with van der Waals surface area (Å²) in [6.07, 6.45) is 5.82. The number of hydrogen-bond donors (Lipinski definition) is 1. The molecule has 0 aromatic heterocycles. The van der Waals surface area contributed by atoms with Gasteiger partial charge in [-0.1, -0.05) is 46.8 Å². The van der Waals surface area contributed by atoms with Gasteiger partial charge in [-0.2, -0.15) is 0 Å². The molecule has 0 bridgehead atoms. The molecule has 2 atom stereocenters. The fraction of sp³-hybridized carbons (Fsp3) is 0.619. The first-order valence-electron chi connectivity index (χ1n) is 8.80. The molecule has 132 valence electrons. The largest absolute Gasteiger partial charge is 0.490 e. The summed E-state index contributed by atoms with van der Waals surface area (Å²) < 4.78 is 5.87. The third kappa shape index (κ3) is 7.10. The molecule has 2 nitrogen and oxygen atoms in total. The molecule has 1 aliphatic heterocycles. The Morgan fingerprint density at radius 3 is 2.09 bits per heavy atom. The van der Waals surface area contributed by atoms with Crippen molar-refractivity contribution in [3.05, 3.63) is 29.3 Å². The summed E-state index contributed by atoms with van der Waals surface area (Å²) in [4.78, 5) is 0. The summed E-state index contributed by atoms with van der Waals surface area (Å²) in [6.45, 7) is 18.1. The van der Waals surface area contributed by atoms with Gasteiger partial charge in [0.1, 0.15) is 11.9 Å². The van der Waals surface area contributed by atoms with E-state index in [-0.39, 0.29) is 17.6 Å². The van der Waals surface area contributed by atoms with Crippen molar-refractivity contribution in [3.63, 3.8) is 0 Å². The van der Waals surface area contributed by atoms with E-state index in [2.05, 4.69) is 58.2 Å². The number of aryl methyl sites for hydroxylation is 1. The standard InChI is InChI=1S/C14H21NO.C3H4.2C2H6/c1-5-10-6-7-12-11(8-10)13(9(2)16-12)14(3,4)15;1-3-2;2*1-2/h6-9,13H,5,15H2,1-4H3;1H,2H3;2*1-2H3/t9?,13-;;;/m0.../s1. The fourth-order valence-electron chi connectivity index (χ4n) is 2.70. The smallest absolute Gasteiger partial charge is 0.123 e. The Balaban J connectivity index is 0. The van der Waals surface area contributed by atoms with Gasteiger partial charge in [-0.25, -0.2) is 0 Å². The second-order valence-corrected chi connectivity index (χ2v) is 5.64. The second kappa shape index (κ2) is 12.0. The first-order valence-corrected chi connectivity index (χ1v) is 8.80. The number of nitrogens with two attached hydrogens (primary N) is 1. The van der Waals surface area contributed by atoms with Gasteiger partial charge in [0.2, 0.25) is 0 Å². The van der Waals surface area contributed by atoms with E-state index in [0.717, 1.165) is 12.2 Å². The molecule has 0 amide bonds. The Hall–Kier alpha value is -1.46. The third-order valence-electron chi connectivity index (χ3n) is 3.40. The molecule has 0 saturated heterocycles. The van der Waals surface area contributed by atoms with E-state index in [9.17, 15) is 0 Å². The van der Waals surface area contributed by atoms with Gasteiger partial charge in [-0.05, 0) is 45.7 Å². The van der Waals surface area contributed by atoms with Crippen molar-refractivity contribution in [2.75, 3.05) is 0 Å². The summed E-state index contributed by atoms with van der Waals surface area (Å²) >= 11 is 0. The van der Waals surface area contributed by atoms with Crippen LogP contribution in [-0.4, -0.2) is 11.6 Å². The highest BCUT2D eigenvalue weighted by Gasteiger charge is 2.39. The van der Waals surface area contributed by atoms with Crippen molar-refractivity contribution in [1.82, 2.24) is 0 Å². The molecule has 0 fully saturated rings. The van der Waals surface area contributed by atoms with E-state index in [1.165, 1.54) is 11.1 Å². The summed E-state index contributed by atoms with van der Waals surface area (Å²) in [5.74, 6) is 3.54. The van der Waals surface area contributed by atoms with Gasteiger partial charge in [-0.3, -0.25) is 0 Å². The van der Waals surface area contributed by atoms with Crippen LogP contribution in [0.4, 0.5) is 0 Å². The van der Waals surface area contributed by atoms with Gasteiger partial charge in [0, 0.05) is 17.0 Å². The van der Waals surface area contributed by atoms with Gasteiger partial charge >= 0.3 is 0 Å². The highest BCUT2D eigenvalue weighted by atomic mass is 16.5. The van der Waals surface area contributed by atoms with Crippen LogP contribution in [0.5, 0.6) is 5.75 Å². The highest BCUT2D eigenvalue weighted by molar-refractivity contribution is 5.45. The maximum Gasteiger partial charge on any atom is 0.123 e. The average molecular weight is 320 g/mol. The lowest BCUT2D eigenvalue weighted by molar-refractivity contribution is 0.190.